The molecule has 1 atom stereocenters. The Morgan fingerprint density at radius 1 is 1.26 bits per heavy atom. The fourth-order valence-corrected chi connectivity index (χ4v) is 3.04. The van der Waals surface area contributed by atoms with Crippen LogP contribution in [-0.2, 0) is 14.3 Å². The van der Waals surface area contributed by atoms with E-state index in [-0.39, 0.29) is 18.6 Å². The summed E-state index contributed by atoms with van der Waals surface area (Å²) in [6.07, 6.45) is 0.993. The standard InChI is InChI=1S/C13H19ClF2O3/c14-6-2-1-4-13(18-7-8-19-13)10-9-12(15,16)5-3-11(10)17/h10H,1-9H2. The van der Waals surface area contributed by atoms with Gasteiger partial charge in [0.1, 0.15) is 5.78 Å². The second kappa shape index (κ2) is 6.02. The summed E-state index contributed by atoms with van der Waals surface area (Å²) in [5.74, 6) is -4.46. The fourth-order valence-electron chi connectivity index (χ4n) is 2.85. The number of rotatable bonds is 5. The molecule has 0 N–H and O–H groups in total. The van der Waals surface area contributed by atoms with Crippen LogP contribution in [0.1, 0.15) is 38.5 Å². The second-order valence-electron chi connectivity index (χ2n) is 5.23. The molecule has 1 unspecified atom stereocenters. The van der Waals surface area contributed by atoms with Crippen LogP contribution in [0, 0.1) is 5.92 Å². The van der Waals surface area contributed by atoms with Gasteiger partial charge in [-0.3, -0.25) is 4.79 Å². The van der Waals surface area contributed by atoms with Gasteiger partial charge in [-0.2, -0.15) is 0 Å². The minimum Gasteiger partial charge on any atom is -0.347 e. The van der Waals surface area contributed by atoms with E-state index in [0.29, 0.717) is 31.9 Å². The Bertz CT molecular complexity index is 330. The number of hydrogen-bond acceptors (Lipinski definition) is 3. The number of Topliss-reactive ketones (excluding diaryl/α,β-unsaturated/α-hetero) is 1. The molecule has 0 amide bonds. The molecule has 3 nitrogen and oxygen atoms in total. The van der Waals surface area contributed by atoms with E-state index in [0.717, 1.165) is 6.42 Å². The molecule has 1 saturated carbocycles. The molecule has 0 aromatic heterocycles. The molecule has 2 aliphatic rings. The van der Waals surface area contributed by atoms with Crippen LogP contribution in [0.25, 0.3) is 0 Å². The van der Waals surface area contributed by atoms with Crippen LogP contribution in [0.5, 0.6) is 0 Å². The average Bonchev–Trinajstić information content (AvgIpc) is 2.83. The highest BCUT2D eigenvalue weighted by Gasteiger charge is 2.53. The fraction of sp³-hybridized carbons (Fsp3) is 0.923. The molecule has 0 bridgehead atoms. The third-order valence-electron chi connectivity index (χ3n) is 3.84. The quantitative estimate of drug-likeness (QED) is 0.577. The Balaban J connectivity index is 2.10. The normalized spacial score (nSPS) is 29.6. The van der Waals surface area contributed by atoms with Gasteiger partial charge in [-0.1, -0.05) is 0 Å². The molecule has 1 saturated heterocycles. The Hall–Kier alpha value is -0.260. The summed E-state index contributed by atoms with van der Waals surface area (Å²) in [4.78, 5) is 12.0. The predicted octanol–water partition coefficient (Wildman–Crippen LogP) is 3.14. The van der Waals surface area contributed by atoms with Gasteiger partial charge in [-0.25, -0.2) is 8.78 Å². The average molecular weight is 297 g/mol. The van der Waals surface area contributed by atoms with Crippen molar-refractivity contribution in [2.45, 2.75) is 50.2 Å². The topological polar surface area (TPSA) is 35.5 Å². The lowest BCUT2D eigenvalue weighted by Crippen LogP contribution is -2.49. The molecule has 110 valence electrons. The van der Waals surface area contributed by atoms with Crippen LogP contribution in [0.2, 0.25) is 0 Å². The van der Waals surface area contributed by atoms with E-state index in [4.69, 9.17) is 21.1 Å². The largest absolute Gasteiger partial charge is 0.347 e. The molecule has 6 heteroatoms. The van der Waals surface area contributed by atoms with Crippen LogP contribution >= 0.6 is 11.6 Å². The van der Waals surface area contributed by atoms with Crippen LogP contribution in [0.4, 0.5) is 8.78 Å². The van der Waals surface area contributed by atoms with Gasteiger partial charge in [0.2, 0.25) is 5.92 Å². The zero-order chi connectivity index (χ0) is 13.9. The second-order valence-corrected chi connectivity index (χ2v) is 5.61. The maximum absolute atomic E-state index is 13.6. The molecule has 1 aliphatic heterocycles. The summed E-state index contributed by atoms with van der Waals surface area (Å²) < 4.78 is 38.3. The number of alkyl halides is 3. The first-order valence-corrected chi connectivity index (χ1v) is 7.27. The zero-order valence-corrected chi connectivity index (χ0v) is 11.6. The van der Waals surface area contributed by atoms with Crippen LogP contribution < -0.4 is 0 Å². The van der Waals surface area contributed by atoms with Crippen molar-refractivity contribution < 1.29 is 23.0 Å². The number of carbonyl (C=O) groups is 1. The molecule has 0 radical (unpaired) electrons. The molecular formula is C13H19ClF2O3. The van der Waals surface area contributed by atoms with Gasteiger partial charge >= 0.3 is 0 Å². The summed E-state index contributed by atoms with van der Waals surface area (Å²) >= 11 is 5.62. The van der Waals surface area contributed by atoms with E-state index < -0.39 is 24.0 Å². The Morgan fingerprint density at radius 3 is 2.58 bits per heavy atom. The summed E-state index contributed by atoms with van der Waals surface area (Å²) in [5, 5.41) is 0. The first kappa shape index (κ1) is 15.1. The number of unbranched alkanes of at least 4 members (excludes halogenated alkanes) is 1. The number of halogens is 3. The van der Waals surface area contributed by atoms with Crippen LogP contribution in [0.15, 0.2) is 0 Å². The van der Waals surface area contributed by atoms with Gasteiger partial charge in [-0.15, -0.1) is 11.6 Å². The lowest BCUT2D eigenvalue weighted by atomic mass is 9.78. The number of carbonyl (C=O) groups excluding carboxylic acids is 1. The van der Waals surface area contributed by atoms with Gasteiger partial charge in [0.25, 0.3) is 0 Å². The predicted molar refractivity (Wildman–Crippen MR) is 66.5 cm³/mol. The van der Waals surface area contributed by atoms with Crippen molar-refractivity contribution in [1.29, 1.82) is 0 Å². The van der Waals surface area contributed by atoms with Gasteiger partial charge in [0, 0.05) is 31.6 Å². The third-order valence-corrected chi connectivity index (χ3v) is 4.11. The Morgan fingerprint density at radius 2 is 1.95 bits per heavy atom. The van der Waals surface area contributed by atoms with Crippen molar-refractivity contribution in [1.82, 2.24) is 0 Å². The molecule has 2 fully saturated rings. The van der Waals surface area contributed by atoms with Gasteiger partial charge < -0.3 is 9.47 Å². The lowest BCUT2D eigenvalue weighted by Gasteiger charge is -2.39. The minimum atomic E-state index is -2.80. The molecule has 2 rings (SSSR count). The highest BCUT2D eigenvalue weighted by atomic mass is 35.5. The highest BCUT2D eigenvalue weighted by Crippen LogP contribution is 2.44. The van der Waals surface area contributed by atoms with Crippen molar-refractivity contribution >= 4 is 17.4 Å². The minimum absolute atomic E-state index is 0.0956. The highest BCUT2D eigenvalue weighted by molar-refractivity contribution is 6.17. The van der Waals surface area contributed by atoms with Gasteiger partial charge in [0.15, 0.2) is 5.79 Å². The van der Waals surface area contributed by atoms with E-state index in [1.54, 1.807) is 0 Å². The van der Waals surface area contributed by atoms with Crippen LogP contribution in [0.3, 0.4) is 0 Å². The first-order chi connectivity index (χ1) is 8.99. The van der Waals surface area contributed by atoms with Crippen molar-refractivity contribution in [3.63, 3.8) is 0 Å². The third kappa shape index (κ3) is 3.44. The molecular weight excluding hydrogens is 278 g/mol. The molecule has 19 heavy (non-hydrogen) atoms. The van der Waals surface area contributed by atoms with E-state index in [1.807, 2.05) is 0 Å². The first-order valence-electron chi connectivity index (χ1n) is 6.73. The monoisotopic (exact) mass is 296 g/mol. The summed E-state index contributed by atoms with van der Waals surface area (Å²) in [6.45, 7) is 0.715. The Labute approximate surface area is 116 Å². The molecule has 0 aromatic carbocycles. The van der Waals surface area contributed by atoms with Crippen molar-refractivity contribution in [2.24, 2.45) is 5.92 Å². The van der Waals surface area contributed by atoms with Crippen molar-refractivity contribution in [3.8, 4) is 0 Å². The van der Waals surface area contributed by atoms with E-state index >= 15 is 0 Å². The molecule has 1 heterocycles. The molecule has 1 aliphatic carbocycles. The van der Waals surface area contributed by atoms with Gasteiger partial charge in [-0.05, 0) is 12.8 Å². The van der Waals surface area contributed by atoms with Crippen LogP contribution in [-0.4, -0.2) is 36.6 Å². The molecule has 0 spiro atoms. The SMILES string of the molecule is O=C1CCC(F)(F)CC1C1(CCCCCl)OCCO1. The summed E-state index contributed by atoms with van der Waals surface area (Å²) in [7, 11) is 0. The molecule has 0 aromatic rings. The summed E-state index contributed by atoms with van der Waals surface area (Å²) in [6, 6.07) is 0. The van der Waals surface area contributed by atoms with Crippen molar-refractivity contribution in [2.75, 3.05) is 19.1 Å². The van der Waals surface area contributed by atoms with E-state index in [9.17, 15) is 13.6 Å². The smallest absolute Gasteiger partial charge is 0.249 e. The lowest BCUT2D eigenvalue weighted by molar-refractivity contribution is -0.220. The van der Waals surface area contributed by atoms with Crippen molar-refractivity contribution in [3.05, 3.63) is 0 Å². The maximum atomic E-state index is 13.6. The number of hydrogen-bond donors (Lipinski definition) is 0. The zero-order valence-electron chi connectivity index (χ0n) is 10.8. The summed E-state index contributed by atoms with van der Waals surface area (Å²) in [5.41, 5.74) is 0. The van der Waals surface area contributed by atoms with Gasteiger partial charge in [0.05, 0.1) is 19.1 Å². The Kier molecular flexibility index (Phi) is 4.79. The van der Waals surface area contributed by atoms with E-state index in [2.05, 4.69) is 0 Å². The number of ketones is 1. The maximum Gasteiger partial charge on any atom is 0.249 e. The number of ether oxygens (including phenoxy) is 2. The van der Waals surface area contributed by atoms with E-state index in [1.165, 1.54) is 0 Å².